The zero-order chi connectivity index (χ0) is 7.23. The van der Waals surface area contributed by atoms with Gasteiger partial charge in [0.1, 0.15) is 0 Å². The Morgan fingerprint density at radius 3 is 1.10 bits per heavy atom. The first-order valence-corrected chi connectivity index (χ1v) is 3.89. The third-order valence-electron chi connectivity index (χ3n) is 1.53. The van der Waals surface area contributed by atoms with E-state index in [9.17, 15) is 0 Å². The van der Waals surface area contributed by atoms with E-state index in [4.69, 9.17) is 0 Å². The van der Waals surface area contributed by atoms with Crippen molar-refractivity contribution >= 4 is 0 Å². The van der Waals surface area contributed by atoms with Gasteiger partial charge in [0.05, 0.1) is 0 Å². The van der Waals surface area contributed by atoms with Crippen molar-refractivity contribution in [2.75, 3.05) is 0 Å². The smallest absolute Gasteiger partial charge is 0.0443 e. The summed E-state index contributed by atoms with van der Waals surface area (Å²) in [5.41, 5.74) is 0. The summed E-state index contributed by atoms with van der Waals surface area (Å²) < 4.78 is 0. The van der Waals surface area contributed by atoms with E-state index in [-0.39, 0.29) is 0 Å². The molecule has 1 aromatic carbocycles. The summed E-state index contributed by atoms with van der Waals surface area (Å²) in [6.45, 7) is 2.28. The van der Waals surface area contributed by atoms with Gasteiger partial charge in [0.2, 0.25) is 0 Å². The molecule has 0 saturated heterocycles. The summed E-state index contributed by atoms with van der Waals surface area (Å²) in [7, 11) is 0. The summed E-state index contributed by atoms with van der Waals surface area (Å²) in [5.74, 6) is 1.08. The van der Waals surface area contributed by atoms with E-state index in [1.165, 1.54) is 12.8 Å². The molecule has 2 rings (SSSR count). The molecule has 0 heteroatoms. The molecule has 1 saturated carbocycles. The average Bonchev–Trinajstić information content (AvgIpc) is 2.77. The molecule has 0 atom stereocenters. The van der Waals surface area contributed by atoms with E-state index in [0.717, 1.165) is 5.92 Å². The van der Waals surface area contributed by atoms with Gasteiger partial charge < -0.3 is 0 Å². The highest BCUT2D eigenvalue weighted by molar-refractivity contribution is 4.99. The molecule has 0 heterocycles. The predicted molar refractivity (Wildman–Crippen MR) is 44.8 cm³/mol. The lowest BCUT2D eigenvalue weighted by molar-refractivity contribution is 0.983. The number of hydrogen-bond acceptors (Lipinski definition) is 0. The van der Waals surface area contributed by atoms with E-state index in [1.807, 2.05) is 36.4 Å². The van der Waals surface area contributed by atoms with E-state index in [2.05, 4.69) is 6.92 Å². The Bertz CT molecular complexity index is 124. The number of benzene rings is 1. The summed E-state index contributed by atoms with van der Waals surface area (Å²) in [5, 5.41) is 0. The van der Waals surface area contributed by atoms with E-state index < -0.39 is 0 Å². The molecule has 0 amide bonds. The Morgan fingerprint density at radius 2 is 1.00 bits per heavy atom. The first-order valence-electron chi connectivity index (χ1n) is 3.89. The molecular weight excluding hydrogens is 120 g/mol. The second-order valence-corrected chi connectivity index (χ2v) is 2.84. The van der Waals surface area contributed by atoms with Gasteiger partial charge in [-0.15, -0.1) is 0 Å². The monoisotopic (exact) mass is 134 g/mol. The van der Waals surface area contributed by atoms with E-state index in [1.54, 1.807) is 0 Å². The van der Waals surface area contributed by atoms with Crippen LogP contribution in [0.4, 0.5) is 0 Å². The summed E-state index contributed by atoms with van der Waals surface area (Å²) in [6.07, 6.45) is 2.97. The normalized spacial score (nSPS) is 15.3. The average molecular weight is 134 g/mol. The van der Waals surface area contributed by atoms with Crippen molar-refractivity contribution < 1.29 is 0 Å². The molecule has 54 valence electrons. The minimum Gasteiger partial charge on any atom is -0.0625 e. The number of rotatable bonds is 0. The standard InChI is InChI=1S/C6H6.C4H8/c1-2-4-6-5-3-1;1-4-2-3-4/h1-6H;4H,2-3H2,1H3. The molecule has 0 radical (unpaired) electrons. The lowest BCUT2D eigenvalue weighted by Gasteiger charge is -1.69. The van der Waals surface area contributed by atoms with Crippen molar-refractivity contribution in [2.45, 2.75) is 19.8 Å². The molecule has 0 N–H and O–H groups in total. The predicted octanol–water partition coefficient (Wildman–Crippen LogP) is 3.10. The molecule has 0 bridgehead atoms. The van der Waals surface area contributed by atoms with Gasteiger partial charge in [-0.2, -0.15) is 0 Å². The van der Waals surface area contributed by atoms with Gasteiger partial charge in [-0.3, -0.25) is 0 Å². The fraction of sp³-hybridized carbons (Fsp3) is 0.400. The first kappa shape index (κ1) is 7.33. The lowest BCUT2D eigenvalue weighted by atomic mass is 10.4. The third-order valence-corrected chi connectivity index (χ3v) is 1.53. The molecule has 0 aromatic heterocycles. The van der Waals surface area contributed by atoms with Crippen LogP contribution in [0.2, 0.25) is 0 Å². The highest BCUT2D eigenvalue weighted by Crippen LogP contribution is 2.26. The minimum absolute atomic E-state index is 1.08. The van der Waals surface area contributed by atoms with Gasteiger partial charge in [-0.05, 0) is 5.92 Å². The van der Waals surface area contributed by atoms with Gasteiger partial charge in [0, 0.05) is 0 Å². The molecule has 10 heavy (non-hydrogen) atoms. The van der Waals surface area contributed by atoms with Crippen LogP contribution in [-0.4, -0.2) is 0 Å². The Balaban J connectivity index is 0.000000108. The molecule has 1 aliphatic rings. The van der Waals surface area contributed by atoms with Crippen LogP contribution < -0.4 is 0 Å². The van der Waals surface area contributed by atoms with Crippen LogP contribution in [0.5, 0.6) is 0 Å². The summed E-state index contributed by atoms with van der Waals surface area (Å²) >= 11 is 0. The second kappa shape index (κ2) is 4.10. The maximum Gasteiger partial charge on any atom is -0.0443 e. The maximum absolute atomic E-state index is 2.28. The topological polar surface area (TPSA) is 0 Å². The van der Waals surface area contributed by atoms with Crippen molar-refractivity contribution in [1.82, 2.24) is 0 Å². The van der Waals surface area contributed by atoms with Crippen LogP contribution in [0.3, 0.4) is 0 Å². The Hall–Kier alpha value is -0.780. The van der Waals surface area contributed by atoms with Crippen LogP contribution in [0, 0.1) is 5.92 Å². The van der Waals surface area contributed by atoms with Crippen LogP contribution in [0.25, 0.3) is 0 Å². The zero-order valence-electron chi connectivity index (χ0n) is 6.46. The molecule has 0 nitrogen and oxygen atoms in total. The van der Waals surface area contributed by atoms with Crippen LogP contribution >= 0.6 is 0 Å². The lowest BCUT2D eigenvalue weighted by Crippen LogP contribution is -1.47. The molecule has 1 aromatic rings. The van der Waals surface area contributed by atoms with Crippen molar-refractivity contribution in [3.63, 3.8) is 0 Å². The van der Waals surface area contributed by atoms with Gasteiger partial charge in [0.25, 0.3) is 0 Å². The van der Waals surface area contributed by atoms with Crippen LogP contribution in [0.15, 0.2) is 36.4 Å². The Morgan fingerprint density at radius 1 is 0.800 bits per heavy atom. The number of hydrogen-bond donors (Lipinski definition) is 0. The van der Waals surface area contributed by atoms with E-state index in [0.29, 0.717) is 0 Å². The van der Waals surface area contributed by atoms with Crippen LogP contribution in [-0.2, 0) is 0 Å². The van der Waals surface area contributed by atoms with Gasteiger partial charge in [-0.25, -0.2) is 0 Å². The molecular formula is C10H14. The first-order chi connectivity index (χ1) is 4.89. The highest BCUT2D eigenvalue weighted by Gasteiger charge is 2.12. The second-order valence-electron chi connectivity index (χ2n) is 2.84. The fourth-order valence-electron chi connectivity index (χ4n) is 0.552. The van der Waals surface area contributed by atoms with Gasteiger partial charge >= 0.3 is 0 Å². The molecule has 0 unspecified atom stereocenters. The van der Waals surface area contributed by atoms with Crippen molar-refractivity contribution in [3.05, 3.63) is 36.4 Å². The van der Waals surface area contributed by atoms with Crippen molar-refractivity contribution in [1.29, 1.82) is 0 Å². The zero-order valence-corrected chi connectivity index (χ0v) is 6.46. The quantitative estimate of drug-likeness (QED) is 0.511. The molecule has 0 aliphatic heterocycles. The highest BCUT2D eigenvalue weighted by atomic mass is 14.2. The fourth-order valence-corrected chi connectivity index (χ4v) is 0.552. The largest absolute Gasteiger partial charge is 0.0625 e. The summed E-state index contributed by atoms with van der Waals surface area (Å²) in [6, 6.07) is 12.0. The molecule has 0 spiro atoms. The SMILES string of the molecule is CC1CC1.c1ccccc1. The Kier molecular flexibility index (Phi) is 3.01. The summed E-state index contributed by atoms with van der Waals surface area (Å²) in [4.78, 5) is 0. The van der Waals surface area contributed by atoms with Gasteiger partial charge in [0.15, 0.2) is 0 Å². The Labute approximate surface area is 62.9 Å². The maximum atomic E-state index is 2.28. The third kappa shape index (κ3) is 4.13. The molecule has 1 aliphatic carbocycles. The minimum atomic E-state index is 1.08. The van der Waals surface area contributed by atoms with E-state index >= 15 is 0 Å². The van der Waals surface area contributed by atoms with Crippen molar-refractivity contribution in [3.8, 4) is 0 Å². The molecule has 1 fully saturated rings. The van der Waals surface area contributed by atoms with Crippen LogP contribution in [0.1, 0.15) is 19.8 Å². The van der Waals surface area contributed by atoms with Crippen molar-refractivity contribution in [2.24, 2.45) is 5.92 Å². The van der Waals surface area contributed by atoms with Gasteiger partial charge in [-0.1, -0.05) is 56.2 Å².